The second-order valence-corrected chi connectivity index (χ2v) is 7.73. The van der Waals surface area contributed by atoms with Crippen molar-refractivity contribution in [3.8, 4) is 0 Å². The standard InChI is InChI=1S/C17H23N3O2S/c1-10-4-6-13(7-5-10)19-14(21)9-20-17(22)15-11(2)8-12(3)18-16(15)23-20/h8,10,13H,4-7,9H2,1-3H3,(H,19,21). The van der Waals surface area contributed by atoms with Gasteiger partial charge in [-0.25, -0.2) is 4.98 Å². The van der Waals surface area contributed by atoms with E-state index in [1.807, 2.05) is 19.9 Å². The van der Waals surface area contributed by atoms with Crippen LogP contribution in [-0.4, -0.2) is 20.9 Å². The van der Waals surface area contributed by atoms with Crippen LogP contribution in [0, 0.1) is 19.8 Å². The average molecular weight is 333 g/mol. The van der Waals surface area contributed by atoms with E-state index >= 15 is 0 Å². The number of aryl methyl sites for hydroxylation is 2. The predicted octanol–water partition coefficient (Wildman–Crippen LogP) is 2.77. The molecule has 1 saturated carbocycles. The van der Waals surface area contributed by atoms with E-state index in [9.17, 15) is 9.59 Å². The van der Waals surface area contributed by atoms with Crippen LogP contribution in [-0.2, 0) is 11.3 Å². The third kappa shape index (κ3) is 3.47. The summed E-state index contributed by atoms with van der Waals surface area (Å²) >= 11 is 1.28. The number of hydrogen-bond acceptors (Lipinski definition) is 4. The molecule has 0 bridgehead atoms. The van der Waals surface area contributed by atoms with Gasteiger partial charge >= 0.3 is 0 Å². The second-order valence-electron chi connectivity index (χ2n) is 6.72. The fourth-order valence-electron chi connectivity index (χ4n) is 3.31. The Labute approximate surface area is 139 Å². The molecule has 1 fully saturated rings. The van der Waals surface area contributed by atoms with E-state index in [1.165, 1.54) is 15.5 Å². The molecule has 2 heterocycles. The lowest BCUT2D eigenvalue weighted by Crippen LogP contribution is -2.39. The molecular weight excluding hydrogens is 310 g/mol. The van der Waals surface area contributed by atoms with Crippen molar-refractivity contribution in [2.24, 2.45) is 5.92 Å². The first-order chi connectivity index (χ1) is 10.9. The summed E-state index contributed by atoms with van der Waals surface area (Å²) in [4.78, 5) is 29.9. The fourth-order valence-corrected chi connectivity index (χ4v) is 4.40. The molecule has 23 heavy (non-hydrogen) atoms. The predicted molar refractivity (Wildman–Crippen MR) is 92.9 cm³/mol. The van der Waals surface area contributed by atoms with E-state index in [1.54, 1.807) is 0 Å². The molecule has 0 atom stereocenters. The Morgan fingerprint density at radius 3 is 2.74 bits per heavy atom. The van der Waals surface area contributed by atoms with Crippen LogP contribution in [0.5, 0.6) is 0 Å². The summed E-state index contributed by atoms with van der Waals surface area (Å²) in [7, 11) is 0. The van der Waals surface area contributed by atoms with Gasteiger partial charge in [-0.2, -0.15) is 0 Å². The number of nitrogens with one attached hydrogen (secondary N) is 1. The van der Waals surface area contributed by atoms with Gasteiger partial charge in [-0.1, -0.05) is 6.92 Å². The van der Waals surface area contributed by atoms with Gasteiger partial charge in [0.05, 0.1) is 5.39 Å². The van der Waals surface area contributed by atoms with Crippen molar-refractivity contribution in [2.45, 2.75) is 59.0 Å². The number of pyridine rings is 1. The molecule has 0 radical (unpaired) electrons. The first-order valence-electron chi connectivity index (χ1n) is 8.21. The summed E-state index contributed by atoms with van der Waals surface area (Å²) in [5.74, 6) is 0.679. The highest BCUT2D eigenvalue weighted by Gasteiger charge is 2.21. The normalized spacial score (nSPS) is 21.5. The summed E-state index contributed by atoms with van der Waals surface area (Å²) in [5.41, 5.74) is 1.71. The first-order valence-corrected chi connectivity index (χ1v) is 8.99. The maximum Gasteiger partial charge on any atom is 0.270 e. The number of nitrogens with zero attached hydrogens (tertiary/aromatic N) is 2. The number of carbonyl (C=O) groups is 1. The number of fused-ring (bicyclic) bond motifs is 1. The van der Waals surface area contributed by atoms with Gasteiger partial charge in [0.2, 0.25) is 5.91 Å². The van der Waals surface area contributed by atoms with E-state index in [-0.39, 0.29) is 24.1 Å². The maximum absolute atomic E-state index is 12.5. The fraction of sp³-hybridized carbons (Fsp3) is 0.588. The molecule has 6 heteroatoms. The minimum atomic E-state index is -0.109. The quantitative estimate of drug-likeness (QED) is 0.939. The van der Waals surface area contributed by atoms with Crippen molar-refractivity contribution in [1.82, 2.24) is 14.3 Å². The first kappa shape index (κ1) is 16.2. The molecule has 0 unspecified atom stereocenters. The van der Waals surface area contributed by atoms with Gasteiger partial charge in [0.1, 0.15) is 11.4 Å². The Morgan fingerprint density at radius 1 is 1.35 bits per heavy atom. The number of aromatic nitrogens is 2. The molecule has 0 aromatic carbocycles. The highest BCUT2D eigenvalue weighted by atomic mass is 32.1. The van der Waals surface area contributed by atoms with Gasteiger partial charge in [-0.15, -0.1) is 0 Å². The van der Waals surface area contributed by atoms with Crippen molar-refractivity contribution >= 4 is 27.7 Å². The van der Waals surface area contributed by atoms with Crippen molar-refractivity contribution in [3.05, 3.63) is 27.7 Å². The second kappa shape index (κ2) is 6.43. The molecule has 1 amide bonds. The van der Waals surface area contributed by atoms with Crippen LogP contribution in [0.2, 0.25) is 0 Å². The van der Waals surface area contributed by atoms with Gasteiger partial charge in [-0.05, 0) is 68.6 Å². The Morgan fingerprint density at radius 2 is 2.04 bits per heavy atom. The minimum Gasteiger partial charge on any atom is -0.352 e. The van der Waals surface area contributed by atoms with Gasteiger partial charge in [-0.3, -0.25) is 13.5 Å². The molecule has 3 rings (SSSR count). The zero-order chi connectivity index (χ0) is 16.6. The summed E-state index contributed by atoms with van der Waals surface area (Å²) in [6.45, 7) is 6.17. The maximum atomic E-state index is 12.5. The smallest absolute Gasteiger partial charge is 0.270 e. The lowest BCUT2D eigenvalue weighted by Gasteiger charge is -2.26. The highest BCUT2D eigenvalue weighted by Crippen LogP contribution is 2.23. The van der Waals surface area contributed by atoms with Gasteiger partial charge in [0, 0.05) is 11.7 Å². The van der Waals surface area contributed by atoms with Crippen molar-refractivity contribution in [1.29, 1.82) is 0 Å². The topological polar surface area (TPSA) is 64.0 Å². The molecule has 124 valence electrons. The Balaban J connectivity index is 1.74. The summed E-state index contributed by atoms with van der Waals surface area (Å²) in [5, 5.41) is 3.71. The minimum absolute atomic E-state index is 0.0763. The van der Waals surface area contributed by atoms with Gasteiger partial charge in [0.25, 0.3) is 5.56 Å². The highest BCUT2D eigenvalue weighted by molar-refractivity contribution is 7.13. The number of amides is 1. The van der Waals surface area contributed by atoms with E-state index in [2.05, 4.69) is 17.2 Å². The lowest BCUT2D eigenvalue weighted by molar-refractivity contribution is -0.122. The van der Waals surface area contributed by atoms with Crippen molar-refractivity contribution in [3.63, 3.8) is 0 Å². The third-order valence-electron chi connectivity index (χ3n) is 4.62. The Kier molecular flexibility index (Phi) is 4.53. The molecule has 1 aliphatic carbocycles. The zero-order valence-corrected chi connectivity index (χ0v) is 14.7. The van der Waals surface area contributed by atoms with Crippen LogP contribution >= 0.6 is 11.5 Å². The molecule has 5 nitrogen and oxygen atoms in total. The number of carbonyl (C=O) groups excluding carboxylic acids is 1. The Hall–Kier alpha value is -1.69. The van der Waals surface area contributed by atoms with Crippen LogP contribution < -0.4 is 10.9 Å². The van der Waals surface area contributed by atoms with Crippen molar-refractivity contribution < 1.29 is 4.79 Å². The van der Waals surface area contributed by atoms with E-state index < -0.39 is 0 Å². The third-order valence-corrected chi connectivity index (χ3v) is 5.60. The van der Waals surface area contributed by atoms with Crippen molar-refractivity contribution in [2.75, 3.05) is 0 Å². The molecule has 0 spiro atoms. The molecule has 1 aliphatic rings. The van der Waals surface area contributed by atoms with Crippen LogP contribution in [0.1, 0.15) is 43.9 Å². The number of hydrogen-bond donors (Lipinski definition) is 1. The molecular formula is C17H23N3O2S. The van der Waals surface area contributed by atoms with E-state index in [4.69, 9.17) is 0 Å². The molecule has 2 aromatic heterocycles. The SMILES string of the molecule is Cc1cc(C)c2c(=O)n(CC(=O)NC3CCC(C)CC3)sc2n1. The van der Waals surface area contributed by atoms with E-state index in [0.29, 0.717) is 10.2 Å². The largest absolute Gasteiger partial charge is 0.352 e. The lowest BCUT2D eigenvalue weighted by atomic mass is 9.87. The van der Waals surface area contributed by atoms with Crippen LogP contribution in [0.4, 0.5) is 0 Å². The number of rotatable bonds is 3. The Bertz CT molecular complexity index is 785. The van der Waals surface area contributed by atoms with Gasteiger partial charge < -0.3 is 5.32 Å². The molecule has 1 N–H and O–H groups in total. The van der Waals surface area contributed by atoms with Gasteiger partial charge in [0.15, 0.2) is 0 Å². The molecule has 0 aliphatic heterocycles. The molecule has 0 saturated heterocycles. The van der Waals surface area contributed by atoms with Crippen LogP contribution in [0.3, 0.4) is 0 Å². The molecule has 2 aromatic rings. The average Bonchev–Trinajstić information content (AvgIpc) is 2.77. The summed E-state index contributed by atoms with van der Waals surface area (Å²) in [6.07, 6.45) is 4.40. The van der Waals surface area contributed by atoms with Crippen LogP contribution in [0.25, 0.3) is 10.2 Å². The summed E-state index contributed by atoms with van der Waals surface area (Å²) < 4.78 is 1.52. The summed E-state index contributed by atoms with van der Waals surface area (Å²) in [6, 6.07) is 2.16. The zero-order valence-electron chi connectivity index (χ0n) is 13.9. The van der Waals surface area contributed by atoms with E-state index in [0.717, 1.165) is 42.9 Å². The monoisotopic (exact) mass is 333 g/mol. The van der Waals surface area contributed by atoms with Crippen LogP contribution in [0.15, 0.2) is 10.9 Å².